The number of rotatable bonds is 7. The number of aliphatic hydroxyl groups is 1. The summed E-state index contributed by atoms with van der Waals surface area (Å²) in [5, 5.41) is 26.7. The number of hydrogen-bond donors (Lipinski definition) is 3. The first kappa shape index (κ1) is 23.9. The van der Waals surface area contributed by atoms with Crippen LogP contribution in [0.3, 0.4) is 0 Å². The normalized spacial score (nSPS) is 28.6. The van der Waals surface area contributed by atoms with Crippen LogP contribution < -0.4 is 11.1 Å². The van der Waals surface area contributed by atoms with Crippen LogP contribution in [0.25, 0.3) is 0 Å². The van der Waals surface area contributed by atoms with Gasteiger partial charge in [-0.05, 0) is 38.5 Å². The summed E-state index contributed by atoms with van der Waals surface area (Å²) in [6, 6.07) is 2.14. The SMILES string of the molecule is COC1(C(F)(F)F)CN([C@H]2CC[C@](CC#N)(n3cc(C(N)O)c(NC(=O)C4CC4)n3)CC2)C1. The molecule has 3 aliphatic rings. The largest absolute Gasteiger partial charge is 0.419 e. The van der Waals surface area contributed by atoms with Gasteiger partial charge in [0.25, 0.3) is 0 Å². The minimum Gasteiger partial charge on any atom is -0.374 e. The smallest absolute Gasteiger partial charge is 0.374 e. The van der Waals surface area contributed by atoms with Crippen molar-refractivity contribution in [2.75, 3.05) is 25.5 Å². The Morgan fingerprint density at radius 1 is 1.39 bits per heavy atom. The van der Waals surface area contributed by atoms with Crippen LogP contribution in [0.2, 0.25) is 0 Å². The number of nitriles is 1. The molecule has 2 heterocycles. The molecule has 12 heteroatoms. The molecule has 1 aliphatic heterocycles. The number of aliphatic hydroxyl groups excluding tert-OH is 1. The Morgan fingerprint density at radius 2 is 2.03 bits per heavy atom. The van der Waals surface area contributed by atoms with Gasteiger partial charge < -0.3 is 20.9 Å². The zero-order chi connectivity index (χ0) is 24.0. The fourth-order valence-electron chi connectivity index (χ4n) is 4.94. The number of carbonyl (C=O) groups excluding carboxylic acids is 1. The Kier molecular flexibility index (Phi) is 6.20. The monoisotopic (exact) mass is 470 g/mol. The van der Waals surface area contributed by atoms with Crippen LogP contribution in [0.15, 0.2) is 6.20 Å². The zero-order valence-corrected chi connectivity index (χ0v) is 18.4. The van der Waals surface area contributed by atoms with Crippen LogP contribution in [0.4, 0.5) is 19.0 Å². The number of aromatic nitrogens is 2. The van der Waals surface area contributed by atoms with E-state index < -0.39 is 23.5 Å². The molecule has 1 atom stereocenters. The minimum atomic E-state index is -4.42. The summed E-state index contributed by atoms with van der Waals surface area (Å²) in [6.07, 6.45) is -0.244. The van der Waals surface area contributed by atoms with Gasteiger partial charge in [0.05, 0.1) is 23.6 Å². The summed E-state index contributed by atoms with van der Waals surface area (Å²) in [5.74, 6) is -0.0581. The predicted molar refractivity (Wildman–Crippen MR) is 111 cm³/mol. The average molecular weight is 470 g/mol. The molecule has 2 aliphatic carbocycles. The van der Waals surface area contributed by atoms with E-state index in [0.29, 0.717) is 25.7 Å². The summed E-state index contributed by atoms with van der Waals surface area (Å²) >= 11 is 0. The average Bonchev–Trinajstić information content (AvgIpc) is 3.48. The fourth-order valence-corrected chi connectivity index (χ4v) is 4.94. The highest BCUT2D eigenvalue weighted by atomic mass is 19.4. The second-order valence-electron chi connectivity index (χ2n) is 9.48. The van der Waals surface area contributed by atoms with Crippen molar-refractivity contribution in [1.29, 1.82) is 5.26 Å². The zero-order valence-electron chi connectivity index (χ0n) is 18.4. The molecule has 1 amide bonds. The second kappa shape index (κ2) is 8.54. The van der Waals surface area contributed by atoms with E-state index in [-0.39, 0.29) is 48.8 Å². The molecule has 0 aromatic carbocycles. The van der Waals surface area contributed by atoms with Crippen molar-refractivity contribution in [3.63, 3.8) is 0 Å². The van der Waals surface area contributed by atoms with Gasteiger partial charge in [0.15, 0.2) is 11.4 Å². The standard InChI is InChI=1S/C21H29F3N6O3/c1-33-20(21(22,23)24)11-29(12-20)14-4-6-19(7-5-14,8-9-25)30-10-15(16(26)31)17(28-30)27-18(32)13-2-3-13/h10,13-14,16,31H,2-8,11-12,26H2,1H3,(H,27,28,32)/t14-,16?,19-. The number of nitrogens with two attached hydrogens (primary N) is 1. The first-order valence-electron chi connectivity index (χ1n) is 11.1. The Bertz CT molecular complexity index is 923. The third kappa shape index (κ3) is 4.35. The van der Waals surface area contributed by atoms with E-state index in [9.17, 15) is 28.3 Å². The van der Waals surface area contributed by atoms with Crippen LogP contribution >= 0.6 is 0 Å². The lowest BCUT2D eigenvalue weighted by Crippen LogP contribution is -2.72. The van der Waals surface area contributed by atoms with Crippen molar-refractivity contribution in [1.82, 2.24) is 14.7 Å². The number of nitrogens with zero attached hydrogens (tertiary/aromatic N) is 4. The van der Waals surface area contributed by atoms with Crippen molar-refractivity contribution in [2.24, 2.45) is 11.7 Å². The summed E-state index contributed by atoms with van der Waals surface area (Å²) in [5.41, 5.74) is 3.14. The number of alkyl halides is 3. The number of likely N-dealkylation sites (tertiary alicyclic amines) is 1. The first-order chi connectivity index (χ1) is 15.5. The lowest BCUT2D eigenvalue weighted by atomic mass is 9.75. The summed E-state index contributed by atoms with van der Waals surface area (Å²) in [4.78, 5) is 14.0. The molecule has 0 bridgehead atoms. The maximum atomic E-state index is 13.3. The molecule has 1 aromatic rings. The quantitative estimate of drug-likeness (QED) is 0.520. The molecule has 1 unspecified atom stereocenters. The summed E-state index contributed by atoms with van der Waals surface area (Å²) in [7, 11) is 1.09. The van der Waals surface area contributed by atoms with E-state index in [1.54, 1.807) is 15.8 Å². The molecule has 182 valence electrons. The van der Waals surface area contributed by atoms with E-state index >= 15 is 0 Å². The van der Waals surface area contributed by atoms with Gasteiger partial charge >= 0.3 is 6.18 Å². The number of halogens is 3. The van der Waals surface area contributed by atoms with Gasteiger partial charge in [-0.25, -0.2) is 0 Å². The summed E-state index contributed by atoms with van der Waals surface area (Å²) in [6.45, 7) is -0.406. The van der Waals surface area contributed by atoms with Crippen molar-refractivity contribution < 1.29 is 27.8 Å². The van der Waals surface area contributed by atoms with Crippen molar-refractivity contribution >= 4 is 11.7 Å². The Morgan fingerprint density at radius 3 is 2.52 bits per heavy atom. The van der Waals surface area contributed by atoms with Crippen molar-refractivity contribution in [2.45, 2.75) is 74.5 Å². The highest BCUT2D eigenvalue weighted by Crippen LogP contribution is 2.46. The van der Waals surface area contributed by atoms with Crippen molar-refractivity contribution in [3.05, 3.63) is 11.8 Å². The Balaban J connectivity index is 1.48. The Hall–Kier alpha value is -2.20. The maximum absolute atomic E-state index is 13.3. The second-order valence-corrected chi connectivity index (χ2v) is 9.48. The highest BCUT2D eigenvalue weighted by Gasteiger charge is 2.63. The third-order valence-electron chi connectivity index (χ3n) is 7.37. The number of carbonyl (C=O) groups is 1. The number of hydrogen-bond acceptors (Lipinski definition) is 7. The molecule has 33 heavy (non-hydrogen) atoms. The van der Waals surface area contributed by atoms with Crippen LogP contribution in [0, 0.1) is 17.2 Å². The predicted octanol–water partition coefficient (Wildman–Crippen LogP) is 2.00. The van der Waals surface area contributed by atoms with Gasteiger partial charge in [0.1, 0.15) is 6.23 Å². The topological polar surface area (TPSA) is 129 Å². The molecule has 9 nitrogen and oxygen atoms in total. The Labute approximate surface area is 189 Å². The molecular weight excluding hydrogens is 441 g/mol. The van der Waals surface area contributed by atoms with E-state index in [1.165, 1.54) is 0 Å². The van der Waals surface area contributed by atoms with E-state index in [4.69, 9.17) is 10.5 Å². The van der Waals surface area contributed by atoms with Crippen LogP contribution in [0.5, 0.6) is 0 Å². The van der Waals surface area contributed by atoms with Crippen LogP contribution in [-0.2, 0) is 15.1 Å². The maximum Gasteiger partial charge on any atom is 0.419 e. The molecule has 4 rings (SSSR count). The van der Waals surface area contributed by atoms with Gasteiger partial charge in [-0.2, -0.15) is 23.5 Å². The molecule has 0 radical (unpaired) electrons. The molecule has 0 spiro atoms. The number of methoxy groups -OCH3 is 1. The number of nitrogens with one attached hydrogen (secondary N) is 1. The van der Waals surface area contributed by atoms with Gasteiger partial charge in [0, 0.05) is 38.4 Å². The lowest BCUT2D eigenvalue weighted by Gasteiger charge is -2.54. The first-order valence-corrected chi connectivity index (χ1v) is 11.1. The van der Waals surface area contributed by atoms with Crippen molar-refractivity contribution in [3.8, 4) is 6.07 Å². The van der Waals surface area contributed by atoms with Gasteiger partial charge in [-0.1, -0.05) is 0 Å². The van der Waals surface area contributed by atoms with Gasteiger partial charge in [0.2, 0.25) is 5.91 Å². The highest BCUT2D eigenvalue weighted by molar-refractivity contribution is 5.93. The van der Waals surface area contributed by atoms with E-state index in [2.05, 4.69) is 16.5 Å². The van der Waals surface area contributed by atoms with Crippen LogP contribution in [0.1, 0.15) is 56.7 Å². The minimum absolute atomic E-state index is 0.0494. The molecule has 3 fully saturated rings. The molecular formula is C21H29F3N6O3. The van der Waals surface area contributed by atoms with Gasteiger partial charge in [-0.15, -0.1) is 0 Å². The number of anilines is 1. The van der Waals surface area contributed by atoms with Gasteiger partial charge in [-0.3, -0.25) is 14.4 Å². The van der Waals surface area contributed by atoms with Crippen LogP contribution in [-0.4, -0.2) is 63.7 Å². The fraction of sp³-hybridized carbons (Fsp3) is 0.762. The summed E-state index contributed by atoms with van der Waals surface area (Å²) < 4.78 is 46.4. The number of amides is 1. The van der Waals surface area contributed by atoms with E-state index in [0.717, 1.165) is 20.0 Å². The molecule has 2 saturated carbocycles. The number of ether oxygens (including phenoxy) is 1. The lowest BCUT2D eigenvalue weighted by molar-refractivity contribution is -0.316. The molecule has 1 saturated heterocycles. The molecule has 1 aromatic heterocycles. The third-order valence-corrected chi connectivity index (χ3v) is 7.37. The van der Waals surface area contributed by atoms with E-state index in [1.807, 2.05) is 0 Å². The molecule has 4 N–H and O–H groups in total.